The second-order valence-electron chi connectivity index (χ2n) is 4.69. The largest absolute Gasteiger partial charge is 0.394 e. The van der Waals surface area contributed by atoms with Crippen molar-refractivity contribution >= 4 is 5.91 Å². The Morgan fingerprint density at radius 1 is 1.39 bits per heavy atom. The molecule has 98 valence electrons. The Balaban J connectivity index is 2.19. The van der Waals surface area contributed by atoms with Gasteiger partial charge in [-0.15, -0.1) is 0 Å². The maximum absolute atomic E-state index is 13.1. The molecule has 1 heterocycles. The molecule has 0 aromatic heterocycles. The van der Waals surface area contributed by atoms with Crippen LogP contribution in [0.2, 0.25) is 0 Å². The maximum Gasteiger partial charge on any atom is 0.254 e. The van der Waals surface area contributed by atoms with E-state index in [4.69, 9.17) is 0 Å². The highest BCUT2D eigenvalue weighted by Gasteiger charge is 2.25. The predicted octanol–water partition coefficient (Wildman–Crippen LogP) is 2.20. The molecular formula is C14H18FNO2. The zero-order chi connectivity index (χ0) is 13.0. The highest BCUT2D eigenvalue weighted by molar-refractivity contribution is 5.94. The quantitative estimate of drug-likeness (QED) is 0.875. The molecule has 1 aliphatic rings. The van der Waals surface area contributed by atoms with Gasteiger partial charge in [0.15, 0.2) is 0 Å². The summed E-state index contributed by atoms with van der Waals surface area (Å²) in [4.78, 5) is 14.0. The molecule has 1 unspecified atom stereocenters. The third-order valence-electron chi connectivity index (χ3n) is 3.42. The topological polar surface area (TPSA) is 40.5 Å². The van der Waals surface area contributed by atoms with Crippen molar-refractivity contribution in [2.24, 2.45) is 0 Å². The lowest BCUT2D eigenvalue weighted by Crippen LogP contribution is -2.42. The Morgan fingerprint density at radius 2 is 2.22 bits per heavy atom. The highest BCUT2D eigenvalue weighted by Crippen LogP contribution is 2.19. The molecule has 0 spiro atoms. The van der Waals surface area contributed by atoms with Gasteiger partial charge in [0.25, 0.3) is 5.91 Å². The second-order valence-corrected chi connectivity index (χ2v) is 4.69. The number of halogens is 1. The van der Waals surface area contributed by atoms with E-state index in [0.29, 0.717) is 12.1 Å². The summed E-state index contributed by atoms with van der Waals surface area (Å²) in [6.07, 6.45) is 3.86. The molecule has 1 atom stereocenters. The Hall–Kier alpha value is -1.42. The van der Waals surface area contributed by atoms with E-state index in [-0.39, 0.29) is 18.6 Å². The smallest absolute Gasteiger partial charge is 0.254 e. The molecule has 1 N–H and O–H groups in total. The molecule has 0 saturated carbocycles. The average molecular weight is 251 g/mol. The van der Waals surface area contributed by atoms with E-state index < -0.39 is 5.82 Å². The molecule has 1 fully saturated rings. The van der Waals surface area contributed by atoms with Gasteiger partial charge in [0.1, 0.15) is 5.82 Å². The lowest BCUT2D eigenvalue weighted by atomic mass is 10.1. The van der Waals surface area contributed by atoms with E-state index in [1.807, 2.05) is 0 Å². The fourth-order valence-corrected chi connectivity index (χ4v) is 2.42. The Labute approximate surface area is 106 Å². The van der Waals surface area contributed by atoms with Crippen LogP contribution in [-0.4, -0.2) is 35.1 Å². The predicted molar refractivity (Wildman–Crippen MR) is 66.8 cm³/mol. The van der Waals surface area contributed by atoms with Crippen LogP contribution in [0.1, 0.15) is 36.0 Å². The monoisotopic (exact) mass is 251 g/mol. The average Bonchev–Trinajstić information content (AvgIpc) is 2.62. The van der Waals surface area contributed by atoms with E-state index in [1.54, 1.807) is 11.0 Å². The molecule has 0 aliphatic carbocycles. The molecule has 4 heteroatoms. The van der Waals surface area contributed by atoms with E-state index in [1.165, 1.54) is 18.2 Å². The number of hydrogen-bond donors (Lipinski definition) is 1. The highest BCUT2D eigenvalue weighted by atomic mass is 19.1. The number of amides is 1. The summed E-state index contributed by atoms with van der Waals surface area (Å²) in [6, 6.07) is 5.59. The Bertz CT molecular complexity index is 422. The number of aliphatic hydroxyl groups is 1. The molecule has 0 bridgehead atoms. The van der Waals surface area contributed by atoms with Crippen molar-refractivity contribution in [2.75, 3.05) is 13.2 Å². The van der Waals surface area contributed by atoms with Crippen molar-refractivity contribution in [3.05, 3.63) is 35.6 Å². The summed E-state index contributed by atoms with van der Waals surface area (Å²) in [7, 11) is 0. The summed E-state index contributed by atoms with van der Waals surface area (Å²) >= 11 is 0. The van der Waals surface area contributed by atoms with Gasteiger partial charge in [0.2, 0.25) is 0 Å². The normalized spacial score (nSPS) is 20.6. The third-order valence-corrected chi connectivity index (χ3v) is 3.42. The molecule has 1 aromatic carbocycles. The van der Waals surface area contributed by atoms with Gasteiger partial charge in [-0.2, -0.15) is 0 Å². The summed E-state index contributed by atoms with van der Waals surface area (Å²) in [6.45, 7) is 0.613. The maximum atomic E-state index is 13.1. The standard InChI is InChI=1S/C14H18FNO2/c15-12-6-4-5-11(9-12)14(18)16-8-3-1-2-7-13(16)10-17/h4-6,9,13,17H,1-3,7-8,10H2. The van der Waals surface area contributed by atoms with Crippen molar-refractivity contribution < 1.29 is 14.3 Å². The van der Waals surface area contributed by atoms with Gasteiger partial charge in [0, 0.05) is 12.1 Å². The summed E-state index contributed by atoms with van der Waals surface area (Å²) in [5.41, 5.74) is 0.357. The number of aliphatic hydroxyl groups excluding tert-OH is 1. The summed E-state index contributed by atoms with van der Waals surface area (Å²) < 4.78 is 13.1. The van der Waals surface area contributed by atoms with Crippen LogP contribution < -0.4 is 0 Å². The van der Waals surface area contributed by atoms with Gasteiger partial charge in [-0.05, 0) is 31.0 Å². The number of likely N-dealkylation sites (tertiary alicyclic amines) is 1. The first-order valence-corrected chi connectivity index (χ1v) is 6.40. The summed E-state index contributed by atoms with van der Waals surface area (Å²) in [5, 5.41) is 9.37. The van der Waals surface area contributed by atoms with Gasteiger partial charge >= 0.3 is 0 Å². The van der Waals surface area contributed by atoms with Crippen molar-refractivity contribution in [1.82, 2.24) is 4.90 Å². The van der Waals surface area contributed by atoms with Crippen LogP contribution in [0.3, 0.4) is 0 Å². The third kappa shape index (κ3) is 2.88. The lowest BCUT2D eigenvalue weighted by Gasteiger charge is -2.28. The van der Waals surface area contributed by atoms with Crippen molar-refractivity contribution in [3.63, 3.8) is 0 Å². The minimum Gasteiger partial charge on any atom is -0.394 e. The molecule has 1 saturated heterocycles. The van der Waals surface area contributed by atoms with Crippen LogP contribution >= 0.6 is 0 Å². The fourth-order valence-electron chi connectivity index (χ4n) is 2.42. The first-order chi connectivity index (χ1) is 8.72. The number of carbonyl (C=O) groups excluding carboxylic acids is 1. The van der Waals surface area contributed by atoms with Gasteiger partial charge in [0.05, 0.1) is 12.6 Å². The first-order valence-electron chi connectivity index (χ1n) is 6.40. The number of rotatable bonds is 2. The Morgan fingerprint density at radius 3 is 2.94 bits per heavy atom. The molecular weight excluding hydrogens is 233 g/mol. The molecule has 1 aromatic rings. The van der Waals surface area contributed by atoms with Gasteiger partial charge in [-0.1, -0.05) is 18.9 Å². The number of hydrogen-bond acceptors (Lipinski definition) is 2. The van der Waals surface area contributed by atoms with Crippen molar-refractivity contribution in [2.45, 2.75) is 31.7 Å². The van der Waals surface area contributed by atoms with Crippen LogP contribution in [0.25, 0.3) is 0 Å². The minimum atomic E-state index is -0.406. The lowest BCUT2D eigenvalue weighted by molar-refractivity contribution is 0.0599. The Kier molecular flexibility index (Phi) is 4.31. The van der Waals surface area contributed by atoms with Crippen LogP contribution in [0.5, 0.6) is 0 Å². The van der Waals surface area contributed by atoms with Crippen molar-refractivity contribution in [1.29, 1.82) is 0 Å². The zero-order valence-corrected chi connectivity index (χ0v) is 10.3. The van der Waals surface area contributed by atoms with E-state index in [9.17, 15) is 14.3 Å². The second kappa shape index (κ2) is 5.96. The van der Waals surface area contributed by atoms with E-state index >= 15 is 0 Å². The molecule has 1 aliphatic heterocycles. The summed E-state index contributed by atoms with van der Waals surface area (Å²) in [5.74, 6) is -0.591. The number of carbonyl (C=O) groups is 1. The van der Waals surface area contributed by atoms with Crippen LogP contribution in [0.4, 0.5) is 4.39 Å². The minimum absolute atomic E-state index is 0.0267. The van der Waals surface area contributed by atoms with Gasteiger partial charge < -0.3 is 10.0 Å². The molecule has 0 radical (unpaired) electrons. The van der Waals surface area contributed by atoms with Gasteiger partial charge in [-0.25, -0.2) is 4.39 Å². The SMILES string of the molecule is O=C(c1cccc(F)c1)N1CCCCCC1CO. The molecule has 3 nitrogen and oxygen atoms in total. The fraction of sp³-hybridized carbons (Fsp3) is 0.500. The molecule has 1 amide bonds. The van der Waals surface area contributed by atoms with E-state index in [2.05, 4.69) is 0 Å². The van der Waals surface area contributed by atoms with Crippen molar-refractivity contribution in [3.8, 4) is 0 Å². The molecule has 2 rings (SSSR count). The number of nitrogens with zero attached hydrogens (tertiary/aromatic N) is 1. The van der Waals surface area contributed by atoms with E-state index in [0.717, 1.165) is 25.7 Å². The van der Waals surface area contributed by atoms with Crippen LogP contribution in [0, 0.1) is 5.82 Å². The van der Waals surface area contributed by atoms with Crippen LogP contribution in [-0.2, 0) is 0 Å². The van der Waals surface area contributed by atoms with Crippen LogP contribution in [0.15, 0.2) is 24.3 Å². The molecule has 18 heavy (non-hydrogen) atoms. The van der Waals surface area contributed by atoms with Gasteiger partial charge in [-0.3, -0.25) is 4.79 Å². The zero-order valence-electron chi connectivity index (χ0n) is 10.3. The number of benzene rings is 1. The first kappa shape index (κ1) is 13.0.